The predicted molar refractivity (Wildman–Crippen MR) is 76.8 cm³/mol. The van der Waals surface area contributed by atoms with Crippen LogP contribution in [0.15, 0.2) is 24.3 Å². The molecule has 0 bridgehead atoms. The van der Waals surface area contributed by atoms with Gasteiger partial charge in [-0.3, -0.25) is 0 Å². The molecule has 0 aromatic heterocycles. The third-order valence-corrected chi connectivity index (χ3v) is 3.25. The van der Waals surface area contributed by atoms with E-state index in [1.54, 1.807) is 7.11 Å². The minimum absolute atomic E-state index is 0.134. The van der Waals surface area contributed by atoms with Crippen LogP contribution < -0.4 is 10.5 Å². The molecule has 0 amide bonds. The van der Waals surface area contributed by atoms with Crippen LogP contribution in [0.5, 0.6) is 5.75 Å². The monoisotopic (exact) mass is 250 g/mol. The Balaban J connectivity index is 2.62. The summed E-state index contributed by atoms with van der Waals surface area (Å²) < 4.78 is 5.36. The van der Waals surface area contributed by atoms with Gasteiger partial charge in [-0.15, -0.1) is 0 Å². The highest BCUT2D eigenvalue weighted by molar-refractivity contribution is 5.33. The molecule has 0 saturated carbocycles. The predicted octanol–water partition coefficient (Wildman–Crippen LogP) is 2.50. The van der Waals surface area contributed by atoms with Gasteiger partial charge in [-0.25, -0.2) is 0 Å². The topological polar surface area (TPSA) is 38.5 Å². The average Bonchev–Trinajstić information content (AvgIpc) is 2.28. The molecule has 0 aliphatic carbocycles. The fraction of sp³-hybridized carbons (Fsp3) is 0.600. The Morgan fingerprint density at radius 1 is 1.28 bits per heavy atom. The Bertz CT molecular complexity index is 371. The van der Waals surface area contributed by atoms with Gasteiger partial charge < -0.3 is 15.4 Å². The third-order valence-electron chi connectivity index (χ3n) is 3.25. The molecule has 0 aliphatic heterocycles. The first-order valence-corrected chi connectivity index (χ1v) is 6.40. The lowest BCUT2D eigenvalue weighted by molar-refractivity contribution is 0.220. The zero-order valence-electron chi connectivity index (χ0n) is 12.2. The highest BCUT2D eigenvalue weighted by atomic mass is 16.5. The fourth-order valence-corrected chi connectivity index (χ4v) is 1.80. The number of nitrogens with zero attached hydrogens (tertiary/aromatic N) is 1. The van der Waals surface area contributed by atoms with Crippen molar-refractivity contribution in [3.05, 3.63) is 29.8 Å². The van der Waals surface area contributed by atoms with Gasteiger partial charge in [0.25, 0.3) is 0 Å². The van der Waals surface area contributed by atoms with Crippen molar-refractivity contribution in [2.75, 3.05) is 20.7 Å². The van der Waals surface area contributed by atoms with E-state index in [9.17, 15) is 0 Å². The van der Waals surface area contributed by atoms with E-state index >= 15 is 0 Å². The molecule has 0 spiro atoms. The van der Waals surface area contributed by atoms with Crippen LogP contribution in [0.4, 0.5) is 0 Å². The number of methoxy groups -OCH3 is 1. The van der Waals surface area contributed by atoms with Gasteiger partial charge in [-0.1, -0.05) is 39.0 Å². The van der Waals surface area contributed by atoms with E-state index in [2.05, 4.69) is 38.8 Å². The van der Waals surface area contributed by atoms with E-state index in [0.717, 1.165) is 18.8 Å². The number of nitrogens with two attached hydrogens (primary N) is 1. The molecular formula is C15H26N2O. The van der Waals surface area contributed by atoms with E-state index in [0.29, 0.717) is 0 Å². The molecule has 0 radical (unpaired) electrons. The first kappa shape index (κ1) is 15.0. The lowest BCUT2D eigenvalue weighted by atomic mass is 9.87. The Kier molecular flexibility index (Phi) is 5.17. The minimum Gasteiger partial charge on any atom is -0.496 e. The lowest BCUT2D eigenvalue weighted by Gasteiger charge is -2.31. The van der Waals surface area contributed by atoms with Gasteiger partial charge in [0.2, 0.25) is 0 Å². The summed E-state index contributed by atoms with van der Waals surface area (Å²) >= 11 is 0. The second kappa shape index (κ2) is 6.21. The lowest BCUT2D eigenvalue weighted by Crippen LogP contribution is -2.43. The van der Waals surface area contributed by atoms with Crippen LogP contribution in [0.25, 0.3) is 0 Å². The van der Waals surface area contributed by atoms with E-state index in [1.807, 2.05) is 18.2 Å². The molecule has 2 N–H and O–H groups in total. The van der Waals surface area contributed by atoms with Gasteiger partial charge in [0.15, 0.2) is 0 Å². The molecule has 102 valence electrons. The van der Waals surface area contributed by atoms with Gasteiger partial charge in [0.05, 0.1) is 7.11 Å². The quantitative estimate of drug-likeness (QED) is 0.872. The van der Waals surface area contributed by atoms with Gasteiger partial charge >= 0.3 is 0 Å². The van der Waals surface area contributed by atoms with Crippen LogP contribution in [0.1, 0.15) is 26.3 Å². The number of hydrogen-bond donors (Lipinski definition) is 1. The molecule has 0 heterocycles. The van der Waals surface area contributed by atoms with E-state index in [4.69, 9.17) is 10.5 Å². The minimum atomic E-state index is 0.134. The van der Waals surface area contributed by atoms with Crippen LogP contribution in [-0.2, 0) is 6.54 Å². The molecule has 1 rings (SSSR count). The van der Waals surface area contributed by atoms with Crippen molar-refractivity contribution in [3.8, 4) is 5.75 Å². The van der Waals surface area contributed by atoms with E-state index in [1.165, 1.54) is 5.56 Å². The third kappa shape index (κ3) is 4.31. The number of rotatable bonds is 5. The molecule has 18 heavy (non-hydrogen) atoms. The summed E-state index contributed by atoms with van der Waals surface area (Å²) in [5, 5.41) is 0. The zero-order chi connectivity index (χ0) is 13.8. The maximum absolute atomic E-state index is 6.20. The van der Waals surface area contributed by atoms with E-state index < -0.39 is 0 Å². The Labute approximate surface area is 111 Å². The first-order valence-electron chi connectivity index (χ1n) is 6.40. The van der Waals surface area contributed by atoms with Crippen LogP contribution in [0.3, 0.4) is 0 Å². The highest BCUT2D eigenvalue weighted by Crippen LogP contribution is 2.21. The molecule has 1 aromatic carbocycles. The SMILES string of the molecule is COc1ccccc1CN(C)C[C@@H](N)C(C)(C)C. The van der Waals surface area contributed by atoms with Gasteiger partial charge in [-0.05, 0) is 18.5 Å². The van der Waals surface area contributed by atoms with Gasteiger partial charge in [-0.2, -0.15) is 0 Å². The number of hydrogen-bond acceptors (Lipinski definition) is 3. The Morgan fingerprint density at radius 2 is 1.89 bits per heavy atom. The van der Waals surface area contributed by atoms with Crippen molar-refractivity contribution in [2.24, 2.45) is 11.1 Å². The van der Waals surface area contributed by atoms with Gasteiger partial charge in [0, 0.05) is 24.7 Å². The molecular weight excluding hydrogens is 224 g/mol. The van der Waals surface area contributed by atoms with E-state index in [-0.39, 0.29) is 11.5 Å². The number of benzene rings is 1. The van der Waals surface area contributed by atoms with Crippen molar-refractivity contribution in [2.45, 2.75) is 33.4 Å². The summed E-state index contributed by atoms with van der Waals surface area (Å²) in [4.78, 5) is 2.24. The molecule has 0 fully saturated rings. The molecule has 1 aromatic rings. The fourth-order valence-electron chi connectivity index (χ4n) is 1.80. The van der Waals surface area contributed by atoms with Crippen molar-refractivity contribution in [3.63, 3.8) is 0 Å². The Hall–Kier alpha value is -1.06. The van der Waals surface area contributed by atoms with Crippen molar-refractivity contribution in [1.82, 2.24) is 4.90 Å². The summed E-state index contributed by atoms with van der Waals surface area (Å²) in [7, 11) is 3.80. The average molecular weight is 250 g/mol. The van der Waals surface area contributed by atoms with Crippen LogP contribution in [0, 0.1) is 5.41 Å². The molecule has 0 aliphatic rings. The summed E-state index contributed by atoms with van der Waals surface area (Å²) in [6.45, 7) is 8.26. The number of ether oxygens (including phenoxy) is 1. The molecule has 3 nitrogen and oxygen atoms in total. The van der Waals surface area contributed by atoms with Crippen LogP contribution >= 0.6 is 0 Å². The largest absolute Gasteiger partial charge is 0.496 e. The molecule has 1 atom stereocenters. The van der Waals surface area contributed by atoms with Crippen LogP contribution in [0.2, 0.25) is 0 Å². The molecule has 0 saturated heterocycles. The second-order valence-corrected chi connectivity index (χ2v) is 5.98. The molecule has 0 unspecified atom stereocenters. The summed E-state index contributed by atoms with van der Waals surface area (Å²) in [5.41, 5.74) is 7.53. The summed E-state index contributed by atoms with van der Waals surface area (Å²) in [6.07, 6.45) is 0. The maximum atomic E-state index is 6.20. The summed E-state index contributed by atoms with van der Waals surface area (Å²) in [5.74, 6) is 0.939. The first-order chi connectivity index (χ1) is 8.34. The highest BCUT2D eigenvalue weighted by Gasteiger charge is 2.22. The van der Waals surface area contributed by atoms with Crippen LogP contribution in [-0.4, -0.2) is 31.6 Å². The summed E-state index contributed by atoms with van der Waals surface area (Å²) in [6, 6.07) is 8.28. The number of likely N-dealkylation sites (N-methyl/N-ethyl adjacent to an activating group) is 1. The van der Waals surface area contributed by atoms with Crippen molar-refractivity contribution in [1.29, 1.82) is 0 Å². The standard InChI is InChI=1S/C15H26N2O/c1-15(2,3)14(16)11-17(4)10-12-8-6-7-9-13(12)18-5/h6-9,14H,10-11,16H2,1-5H3/t14-/m1/s1. The number of para-hydroxylation sites is 1. The van der Waals surface area contributed by atoms with Crippen molar-refractivity contribution < 1.29 is 4.74 Å². The van der Waals surface area contributed by atoms with Crippen molar-refractivity contribution >= 4 is 0 Å². The zero-order valence-corrected chi connectivity index (χ0v) is 12.2. The van der Waals surface area contributed by atoms with Gasteiger partial charge in [0.1, 0.15) is 5.75 Å². The second-order valence-electron chi connectivity index (χ2n) is 5.98. The smallest absolute Gasteiger partial charge is 0.123 e. The normalized spacial score (nSPS) is 13.7. The molecule has 3 heteroatoms. The maximum Gasteiger partial charge on any atom is 0.123 e. The Morgan fingerprint density at radius 3 is 2.44 bits per heavy atom.